The Morgan fingerprint density at radius 1 is 1.42 bits per heavy atom. The fraction of sp³-hybridized carbons (Fsp3) is 0.600. The standard InChI is InChI=1S/C10H16N5O11P3S2/c1-5-3-15(10(17)12-9(5)16)8-2-6(13-14-11)7(24-8)4-23-29(30,31)26-28(21,22)25-27(18,19)20/h3,6-8H,2,4H2,1H3,(H,21,22)(H,30,31)(H,12,16,17)(H2,18,19,20)/t6-,7+,8+/m0/s1. The molecular formula is C10H16N5O11P3S2. The minimum absolute atomic E-state index is 0.0135. The molecule has 0 saturated carbocycles. The fourth-order valence-electron chi connectivity index (χ4n) is 2.49. The molecule has 1 aliphatic rings. The first-order valence-corrected chi connectivity index (χ1v) is 14.7. The third-order valence-electron chi connectivity index (χ3n) is 3.68. The molecule has 0 amide bonds. The predicted octanol–water partition coefficient (Wildman–Crippen LogP) is 1.21. The number of aromatic amines is 1. The molecule has 2 rings (SSSR count). The summed E-state index contributed by atoms with van der Waals surface area (Å²) in [5, 5.41) is 3.54. The van der Waals surface area contributed by atoms with Crippen molar-refractivity contribution < 1.29 is 41.7 Å². The minimum Gasteiger partial charge on any atom is -0.352 e. The third-order valence-corrected chi connectivity index (χ3v) is 9.40. The van der Waals surface area contributed by atoms with Crippen LogP contribution in [0.1, 0.15) is 18.2 Å². The number of nitrogens with one attached hydrogen (secondary N) is 1. The Morgan fingerprint density at radius 3 is 2.65 bits per heavy atom. The summed E-state index contributed by atoms with van der Waals surface area (Å²) in [4.78, 5) is 55.0. The Bertz CT molecular complexity index is 1140. The first-order valence-electron chi connectivity index (χ1n) is 7.92. The van der Waals surface area contributed by atoms with Crippen LogP contribution in [0.25, 0.3) is 10.4 Å². The Hall–Kier alpha value is -0.830. The maximum atomic E-state index is 12.1. The van der Waals surface area contributed by atoms with Crippen molar-refractivity contribution in [2.45, 2.75) is 31.7 Å². The number of phosphoric acid groups is 2. The Morgan fingerprint density at radius 2 is 2.06 bits per heavy atom. The number of azide groups is 1. The van der Waals surface area contributed by atoms with E-state index in [9.17, 15) is 23.6 Å². The van der Waals surface area contributed by atoms with Crippen LogP contribution in [-0.4, -0.2) is 43.0 Å². The van der Waals surface area contributed by atoms with Gasteiger partial charge in [-0.05, 0) is 24.3 Å². The summed E-state index contributed by atoms with van der Waals surface area (Å²) in [7, 11) is -10.7. The van der Waals surface area contributed by atoms with E-state index in [1.165, 1.54) is 13.1 Å². The van der Waals surface area contributed by atoms with Crippen LogP contribution in [0.5, 0.6) is 0 Å². The van der Waals surface area contributed by atoms with E-state index >= 15 is 0 Å². The summed E-state index contributed by atoms with van der Waals surface area (Å²) in [6.45, 7) is 0.977. The maximum Gasteiger partial charge on any atom is 0.487 e. The summed E-state index contributed by atoms with van der Waals surface area (Å²) in [5.41, 5.74) is 3.74. The maximum absolute atomic E-state index is 12.1. The summed E-state index contributed by atoms with van der Waals surface area (Å²) < 4.78 is 42.3. The van der Waals surface area contributed by atoms with Gasteiger partial charge in [0.25, 0.3) is 11.3 Å². The van der Waals surface area contributed by atoms with Crippen LogP contribution < -0.4 is 11.2 Å². The molecule has 4 N–H and O–H groups in total. The van der Waals surface area contributed by atoms with Gasteiger partial charge in [-0.15, -0.1) is 0 Å². The van der Waals surface area contributed by atoms with Crippen molar-refractivity contribution in [2.75, 3.05) is 6.61 Å². The van der Waals surface area contributed by atoms with Crippen molar-refractivity contribution in [3.05, 3.63) is 43.0 Å². The van der Waals surface area contributed by atoms with Crippen LogP contribution >= 0.6 is 33.6 Å². The number of nitrogens with zero attached hydrogens (tertiary/aromatic N) is 4. The molecule has 0 spiro atoms. The summed E-state index contributed by atoms with van der Waals surface area (Å²) in [5.74, 6) is 0. The molecule has 1 fully saturated rings. The number of ether oxygens (including phenoxy) is 1. The predicted molar refractivity (Wildman–Crippen MR) is 111 cm³/mol. The minimum atomic E-state index is -5.38. The Balaban J connectivity index is 2.14. The highest BCUT2D eigenvalue weighted by molar-refractivity contribution is 8.60. The molecule has 0 aromatic carbocycles. The molecule has 2 unspecified atom stereocenters. The molecular weight excluding hydrogens is 523 g/mol. The number of hydrogen-bond acceptors (Lipinski definition) is 10. The van der Waals surface area contributed by atoms with Crippen molar-refractivity contribution in [3.8, 4) is 0 Å². The molecule has 2 heterocycles. The lowest BCUT2D eigenvalue weighted by molar-refractivity contribution is -0.0217. The SMILES string of the molecule is Cc1cn([C@H]2C[C@H](N=[N+]=[N-])[C@@H](COP(=S)(S)OP(=O)(O)OP(=O)(O)O)O2)c(=O)[nH]c1=O. The second-order valence-electron chi connectivity index (χ2n) is 6.00. The van der Waals surface area contributed by atoms with Gasteiger partial charge in [-0.25, -0.2) is 18.2 Å². The van der Waals surface area contributed by atoms with Gasteiger partial charge in [-0.2, -0.15) is 4.31 Å². The molecule has 1 aromatic rings. The van der Waals surface area contributed by atoms with Crippen molar-refractivity contribution in [3.63, 3.8) is 0 Å². The second kappa shape index (κ2) is 9.98. The van der Waals surface area contributed by atoms with Crippen molar-refractivity contribution in [1.29, 1.82) is 0 Å². The van der Waals surface area contributed by atoms with Crippen LogP contribution in [0.15, 0.2) is 20.9 Å². The molecule has 1 aromatic heterocycles. The van der Waals surface area contributed by atoms with Gasteiger partial charge in [0.1, 0.15) is 6.23 Å². The summed E-state index contributed by atoms with van der Waals surface area (Å²) in [6, 6.07) is -0.871. The summed E-state index contributed by atoms with van der Waals surface area (Å²) >= 11 is 8.59. The number of aryl methyl sites for hydroxylation is 1. The lowest BCUT2D eigenvalue weighted by Crippen LogP contribution is -2.33. The van der Waals surface area contributed by atoms with Crippen LogP contribution in [-0.2, 0) is 38.8 Å². The van der Waals surface area contributed by atoms with Gasteiger partial charge in [0.2, 0.25) is 0 Å². The molecule has 174 valence electrons. The van der Waals surface area contributed by atoms with Gasteiger partial charge < -0.3 is 23.9 Å². The van der Waals surface area contributed by atoms with E-state index in [-0.39, 0.29) is 12.0 Å². The average Bonchev–Trinajstić information content (AvgIpc) is 2.96. The van der Waals surface area contributed by atoms with Gasteiger partial charge in [-0.1, -0.05) is 17.4 Å². The van der Waals surface area contributed by atoms with Crippen LogP contribution in [0.4, 0.5) is 0 Å². The normalized spacial score (nSPS) is 25.4. The molecule has 16 nitrogen and oxygen atoms in total. The molecule has 0 aliphatic carbocycles. The van der Waals surface area contributed by atoms with E-state index in [1.807, 2.05) is 0 Å². The Labute approximate surface area is 183 Å². The number of hydrogen-bond donors (Lipinski definition) is 5. The molecule has 21 heteroatoms. The molecule has 0 radical (unpaired) electrons. The van der Waals surface area contributed by atoms with Crippen molar-refractivity contribution >= 4 is 45.4 Å². The summed E-state index contributed by atoms with van der Waals surface area (Å²) in [6.07, 6.45) is -0.693. The quantitative estimate of drug-likeness (QED) is 0.0979. The Kier molecular flexibility index (Phi) is 8.50. The number of thiol groups is 1. The van der Waals surface area contributed by atoms with Crippen LogP contribution in [0.3, 0.4) is 0 Å². The fourth-order valence-corrected chi connectivity index (χ4v) is 7.50. The highest BCUT2D eigenvalue weighted by atomic mass is 32.9. The third kappa shape index (κ3) is 7.91. The van der Waals surface area contributed by atoms with Crippen molar-refractivity contribution in [2.24, 2.45) is 5.11 Å². The second-order valence-corrected chi connectivity index (χ2v) is 14.3. The smallest absolute Gasteiger partial charge is 0.352 e. The molecule has 31 heavy (non-hydrogen) atoms. The van der Waals surface area contributed by atoms with Crippen LogP contribution in [0.2, 0.25) is 0 Å². The number of aromatic nitrogens is 2. The zero-order valence-corrected chi connectivity index (χ0v) is 19.7. The molecule has 1 aliphatic heterocycles. The van der Waals surface area contributed by atoms with Gasteiger partial charge in [0.05, 0.1) is 18.8 Å². The van der Waals surface area contributed by atoms with E-state index < -0.39 is 57.6 Å². The number of rotatable bonds is 9. The van der Waals surface area contributed by atoms with Crippen LogP contribution in [0, 0.1) is 6.92 Å². The largest absolute Gasteiger partial charge is 0.487 e. The highest BCUT2D eigenvalue weighted by Crippen LogP contribution is 2.69. The van der Waals surface area contributed by atoms with E-state index in [2.05, 4.69) is 35.9 Å². The van der Waals surface area contributed by atoms with E-state index in [0.717, 1.165) is 4.57 Å². The van der Waals surface area contributed by atoms with E-state index in [4.69, 9.17) is 36.4 Å². The lowest BCUT2D eigenvalue weighted by atomic mass is 10.1. The first kappa shape index (κ1) is 26.4. The van der Waals surface area contributed by atoms with Gasteiger partial charge in [0.15, 0.2) is 0 Å². The zero-order valence-electron chi connectivity index (χ0n) is 15.3. The molecule has 1 saturated heterocycles. The van der Waals surface area contributed by atoms with E-state index in [0.29, 0.717) is 0 Å². The monoisotopic (exact) mass is 539 g/mol. The number of H-pyrrole nitrogens is 1. The average molecular weight is 539 g/mol. The topological polar surface area (TPSA) is 235 Å². The molecule has 0 bridgehead atoms. The lowest BCUT2D eigenvalue weighted by Gasteiger charge is -2.22. The zero-order chi connectivity index (χ0) is 23.6. The van der Waals surface area contributed by atoms with Gasteiger partial charge in [0, 0.05) is 23.1 Å². The first-order chi connectivity index (χ1) is 14.1. The highest BCUT2D eigenvalue weighted by Gasteiger charge is 2.40. The molecule has 5 atom stereocenters. The van der Waals surface area contributed by atoms with E-state index in [1.54, 1.807) is 0 Å². The van der Waals surface area contributed by atoms with Gasteiger partial charge in [-0.3, -0.25) is 14.3 Å². The van der Waals surface area contributed by atoms with Crippen molar-refractivity contribution in [1.82, 2.24) is 9.55 Å². The van der Waals surface area contributed by atoms with Gasteiger partial charge >= 0.3 is 21.3 Å².